The molecule has 15 aromatic rings. The maximum Gasteiger partial charge on any atom is 0.273 e. The van der Waals surface area contributed by atoms with E-state index in [-0.39, 0.29) is 48.1 Å². The van der Waals surface area contributed by atoms with E-state index >= 15 is 0 Å². The van der Waals surface area contributed by atoms with Crippen LogP contribution >= 0.6 is 46.4 Å². The second-order valence-electron chi connectivity index (χ2n) is 32.3. The van der Waals surface area contributed by atoms with Crippen LogP contribution in [0.15, 0.2) is 183 Å². The fourth-order valence-electron chi connectivity index (χ4n) is 16.8. The molecule has 2 unspecified atom stereocenters. The summed E-state index contributed by atoms with van der Waals surface area (Å²) in [7, 11) is 4.31. The molecule has 646 valence electrons. The molecule has 4 aromatic carbocycles. The average molecular weight is 1770 g/mol. The topological polar surface area (TPSA) is 305 Å². The van der Waals surface area contributed by atoms with Gasteiger partial charge in [-0.1, -0.05) is 94.9 Å². The highest BCUT2D eigenvalue weighted by atomic mass is 35.5. The summed E-state index contributed by atoms with van der Waals surface area (Å²) in [6, 6.07) is 42.7. The third-order valence-electron chi connectivity index (χ3n) is 23.8. The van der Waals surface area contributed by atoms with Gasteiger partial charge in [-0.05, 0) is 162 Å². The second kappa shape index (κ2) is 38.9. The van der Waals surface area contributed by atoms with E-state index in [1.165, 1.54) is 12.5 Å². The summed E-state index contributed by atoms with van der Waals surface area (Å²) >= 11 is 26.4. The van der Waals surface area contributed by atoms with Gasteiger partial charge in [0.15, 0.2) is 17.3 Å². The number of halogens is 4. The Bertz CT molecular complexity index is 6450. The first-order valence-electron chi connectivity index (χ1n) is 42.5. The van der Waals surface area contributed by atoms with Crippen molar-refractivity contribution in [3.63, 3.8) is 0 Å². The molecule has 126 heavy (non-hydrogen) atoms. The number of carbonyl (C=O) groups excluding carboxylic acids is 2. The third-order valence-corrected chi connectivity index (χ3v) is 25.0. The minimum atomic E-state index is -0.292. The first-order chi connectivity index (χ1) is 61.3. The molecule has 5 fully saturated rings. The average Bonchev–Trinajstić information content (AvgIpc) is 1.66. The number of likely N-dealkylation sites (N-methyl/N-ethyl adjacent to an activating group) is 2. The maximum atomic E-state index is 13.8. The summed E-state index contributed by atoms with van der Waals surface area (Å²) in [6.45, 7) is 23.1. The number of aromatic nitrogens is 15. The number of benzene rings is 4. The van der Waals surface area contributed by atoms with Crippen molar-refractivity contribution in [1.82, 2.24) is 99.3 Å². The fraction of sp³-hybridized carbons (Fsp3) is 0.333. The fourth-order valence-corrected chi connectivity index (χ4v) is 17.9. The first kappa shape index (κ1) is 86.2. The highest BCUT2D eigenvalue weighted by molar-refractivity contribution is 6.38. The van der Waals surface area contributed by atoms with E-state index in [1.54, 1.807) is 54.8 Å². The standard InChI is InChI=1S/C25H23ClN6O2.C23H24ClN7.C23H26ClN5O2.C22H24ClN7/c1-14(30-24-22-19(28-13-29-24)6-3-9-27-22)20-10-15-4-2-5-18(26)21(15)23(31-20)25(33)32-16-7-8-17(32)12-34-11-16;1-15(28-22-21-18(26-14-27-22)7-4-8-25-21)19-13-16-5-3-6-17(24)20(16)23(29-19)31-11-9-30(2)10-12-31;1-15(27-23(30)22-16(2)25-7-8-26-22)20-14-17-4-3-5-18(24)21(17)19(28-20)6-9-29-10-12-31-13-11-29;1-15(26-20-6-8-24-19-7-9-25-30(19)20)18-14-16-4-3-5-17(23)21(16)22(27-18)29-12-10-28(2)11-13-29/h2-6,9-10,13-14,16-17H,7-8,11-12H2,1H3,(H,28,29,30);3-8,13-15H,9-12H2,1-2H3,(H,26,27,28);3-5,7-8,14-15H,6,9-13H2,1-2H3,(H,27,30);3-9,14-15,26H,10-13H2,1-2H3/t14-,16?,17?;3*15-/m0000/s1. The lowest BCUT2D eigenvalue weighted by Crippen LogP contribution is -2.49. The van der Waals surface area contributed by atoms with Crippen molar-refractivity contribution in [1.29, 1.82) is 0 Å². The molecule has 2 amide bonds. The van der Waals surface area contributed by atoms with E-state index in [4.69, 9.17) is 75.8 Å². The number of ether oxygens (including phenoxy) is 2. The molecule has 11 aromatic heterocycles. The zero-order valence-corrected chi connectivity index (χ0v) is 74.1. The molecule has 0 aliphatic carbocycles. The number of carbonyl (C=O) groups is 2. The predicted molar refractivity (Wildman–Crippen MR) is 498 cm³/mol. The van der Waals surface area contributed by atoms with Crippen molar-refractivity contribution in [3.05, 3.63) is 249 Å². The van der Waals surface area contributed by atoms with Gasteiger partial charge < -0.3 is 55.2 Å². The SMILES string of the molecule is C[C@H](Nc1ccnc2ccnn12)c1cc2cccc(Cl)c2c(N2CCN(C)CC2)n1.C[C@H](Nc1ncnc2cccnc12)c1cc2cccc(Cl)c2c(C(=O)N2C3CCC2COC3)n1.C[C@H](Nc1ncnc2cccnc12)c1cc2cccc(Cl)c2c(N2CCN(C)CC2)n1.Cc1nccnc1C(=O)N[C@@H](C)c1cc2cccc(Cl)c2c(CCN2CCOCC2)n1. The molecular formula is C93H97Cl4N25O4. The van der Waals surface area contributed by atoms with Gasteiger partial charge in [0.25, 0.3) is 11.8 Å². The molecule has 0 spiro atoms. The second-order valence-corrected chi connectivity index (χ2v) is 33.9. The molecule has 0 radical (unpaired) electrons. The Morgan fingerprint density at radius 2 is 0.952 bits per heavy atom. The maximum absolute atomic E-state index is 13.8. The van der Waals surface area contributed by atoms with Crippen LogP contribution in [0.3, 0.4) is 0 Å². The minimum absolute atomic E-state index is 0.0191. The van der Waals surface area contributed by atoms with Crippen molar-refractivity contribution in [2.45, 2.75) is 90.1 Å². The van der Waals surface area contributed by atoms with E-state index in [1.807, 2.05) is 122 Å². The monoisotopic (exact) mass is 1770 g/mol. The van der Waals surface area contributed by atoms with Gasteiger partial charge in [0.1, 0.15) is 52.5 Å². The normalized spacial score (nSPS) is 17.2. The first-order valence-corrected chi connectivity index (χ1v) is 44.1. The lowest BCUT2D eigenvalue weighted by Gasteiger charge is -2.34. The number of piperazine rings is 2. The summed E-state index contributed by atoms with van der Waals surface area (Å²) in [4.78, 5) is 99.1. The summed E-state index contributed by atoms with van der Waals surface area (Å²) < 4.78 is 12.9. The van der Waals surface area contributed by atoms with Crippen molar-refractivity contribution < 1.29 is 19.1 Å². The molecule has 16 heterocycles. The van der Waals surface area contributed by atoms with Crippen LogP contribution in [0.4, 0.5) is 29.1 Å². The quantitative estimate of drug-likeness (QED) is 0.0620. The molecule has 4 N–H and O–H groups in total. The number of hydrogen-bond acceptors (Lipinski definition) is 26. The van der Waals surface area contributed by atoms with Crippen LogP contribution in [0, 0.1) is 6.92 Å². The molecule has 29 nitrogen and oxygen atoms in total. The van der Waals surface area contributed by atoms with Crippen LogP contribution in [-0.4, -0.2) is 230 Å². The Balaban J connectivity index is 0.000000119. The Morgan fingerprint density at radius 1 is 0.460 bits per heavy atom. The van der Waals surface area contributed by atoms with Crippen molar-refractivity contribution >= 4 is 158 Å². The van der Waals surface area contributed by atoms with E-state index < -0.39 is 0 Å². The van der Waals surface area contributed by atoms with E-state index in [2.05, 4.69) is 148 Å². The molecule has 5 aliphatic rings. The summed E-state index contributed by atoms with van der Waals surface area (Å²) in [6.07, 6.45) is 15.8. The lowest BCUT2D eigenvalue weighted by molar-refractivity contribution is -0.00736. The number of anilines is 5. The van der Waals surface area contributed by atoms with Crippen LogP contribution in [0.5, 0.6) is 0 Å². The highest BCUT2D eigenvalue weighted by Crippen LogP contribution is 2.40. The van der Waals surface area contributed by atoms with Crippen molar-refractivity contribution in [2.24, 2.45) is 0 Å². The molecule has 2 bridgehead atoms. The number of rotatable bonds is 18. The van der Waals surface area contributed by atoms with Gasteiger partial charge in [0.2, 0.25) is 0 Å². The Labute approximate surface area is 749 Å². The smallest absolute Gasteiger partial charge is 0.273 e. The molecule has 5 saturated heterocycles. The zero-order chi connectivity index (χ0) is 87.1. The highest BCUT2D eigenvalue weighted by Gasteiger charge is 2.42. The molecule has 6 atom stereocenters. The Morgan fingerprint density at radius 3 is 1.50 bits per heavy atom. The Hall–Kier alpha value is -11.9. The van der Waals surface area contributed by atoms with Crippen LogP contribution in [0.25, 0.3) is 70.8 Å². The van der Waals surface area contributed by atoms with Gasteiger partial charge in [0, 0.05) is 137 Å². The number of fused-ring (bicyclic) bond motifs is 9. The number of nitrogens with one attached hydrogen (secondary N) is 4. The number of morpholine rings is 2. The van der Waals surface area contributed by atoms with Gasteiger partial charge in [-0.15, -0.1) is 0 Å². The van der Waals surface area contributed by atoms with Gasteiger partial charge in [-0.25, -0.2) is 44.9 Å². The molecule has 33 heteroatoms. The van der Waals surface area contributed by atoms with Gasteiger partial charge in [0.05, 0.1) is 134 Å². The largest absolute Gasteiger partial charge is 0.379 e. The summed E-state index contributed by atoms with van der Waals surface area (Å²) in [5, 5.41) is 28.3. The zero-order valence-electron chi connectivity index (χ0n) is 71.0. The third kappa shape index (κ3) is 19.1. The lowest BCUT2D eigenvalue weighted by atomic mass is 10.0. The van der Waals surface area contributed by atoms with Gasteiger partial charge >= 0.3 is 0 Å². The molecule has 5 aliphatic heterocycles. The van der Waals surface area contributed by atoms with Crippen molar-refractivity contribution in [2.75, 3.05) is 138 Å². The minimum Gasteiger partial charge on any atom is -0.379 e. The number of amides is 2. The van der Waals surface area contributed by atoms with Crippen LogP contribution in [0.1, 0.15) is 120 Å². The van der Waals surface area contributed by atoms with E-state index in [9.17, 15) is 9.59 Å². The van der Waals surface area contributed by atoms with Gasteiger partial charge in [-0.2, -0.15) is 9.61 Å². The predicted octanol–water partition coefficient (Wildman–Crippen LogP) is 15.8. The van der Waals surface area contributed by atoms with Gasteiger partial charge in [-0.3, -0.25) is 34.4 Å². The number of nitrogens with zero attached hydrogens (tertiary/aromatic N) is 21. The molecule has 20 rings (SSSR count). The molecular weight excluding hydrogens is 1670 g/mol. The molecule has 0 saturated carbocycles. The summed E-state index contributed by atoms with van der Waals surface area (Å²) in [5.41, 5.74) is 9.48. The van der Waals surface area contributed by atoms with E-state index in [0.717, 1.165) is 220 Å². The van der Waals surface area contributed by atoms with Crippen LogP contribution < -0.4 is 31.1 Å². The van der Waals surface area contributed by atoms with Crippen LogP contribution in [0.2, 0.25) is 20.1 Å². The van der Waals surface area contributed by atoms with Crippen LogP contribution in [-0.2, 0) is 15.9 Å². The van der Waals surface area contributed by atoms with E-state index in [0.29, 0.717) is 62.9 Å². The van der Waals surface area contributed by atoms with Crippen molar-refractivity contribution in [3.8, 4) is 0 Å². The Kier molecular flexibility index (Phi) is 26.6. The number of hydrogen-bond donors (Lipinski definition) is 4. The number of aryl methyl sites for hydroxylation is 1. The number of pyridine rings is 6. The summed E-state index contributed by atoms with van der Waals surface area (Å²) in [5.74, 6) is 3.77.